The summed E-state index contributed by atoms with van der Waals surface area (Å²) in [4.78, 5) is 12.7. The Balaban J connectivity index is 1.84. The van der Waals surface area contributed by atoms with Crippen molar-refractivity contribution in [2.45, 2.75) is 57.9 Å². The highest BCUT2D eigenvalue weighted by molar-refractivity contribution is 7.89. The van der Waals surface area contributed by atoms with E-state index in [0.717, 1.165) is 11.1 Å². The SMILES string of the molecule is Cc1ccc(C=Cc2onc(C)c2S(=O)(=O)N2CCCC(C(=O)NC(C)(C)C)C2)cc1. The minimum atomic E-state index is -3.86. The van der Waals surface area contributed by atoms with Crippen LogP contribution in [0.5, 0.6) is 0 Å². The van der Waals surface area contributed by atoms with Crippen molar-refractivity contribution in [2.75, 3.05) is 13.1 Å². The summed E-state index contributed by atoms with van der Waals surface area (Å²) in [5.74, 6) is -0.303. The number of carbonyl (C=O) groups excluding carboxylic acids is 1. The summed E-state index contributed by atoms with van der Waals surface area (Å²) in [7, 11) is -3.86. The van der Waals surface area contributed by atoms with E-state index in [0.29, 0.717) is 25.1 Å². The van der Waals surface area contributed by atoms with E-state index < -0.39 is 10.0 Å². The van der Waals surface area contributed by atoms with Crippen molar-refractivity contribution in [3.05, 3.63) is 46.8 Å². The summed E-state index contributed by atoms with van der Waals surface area (Å²) < 4.78 is 33.6. The van der Waals surface area contributed by atoms with Crippen LogP contribution in [0, 0.1) is 19.8 Å². The first kappa shape index (κ1) is 23.2. The Morgan fingerprint density at radius 2 is 1.87 bits per heavy atom. The number of nitrogens with one attached hydrogen (secondary N) is 1. The number of nitrogens with zero attached hydrogens (tertiary/aromatic N) is 2. The van der Waals surface area contributed by atoms with Crippen LogP contribution < -0.4 is 5.32 Å². The van der Waals surface area contributed by atoms with Crippen LogP contribution >= 0.6 is 0 Å². The lowest BCUT2D eigenvalue weighted by atomic mass is 9.97. The fourth-order valence-corrected chi connectivity index (χ4v) is 5.40. The molecule has 2 aromatic rings. The van der Waals surface area contributed by atoms with Gasteiger partial charge in [-0.05, 0) is 59.1 Å². The molecule has 2 heterocycles. The van der Waals surface area contributed by atoms with Crippen molar-refractivity contribution in [2.24, 2.45) is 5.92 Å². The van der Waals surface area contributed by atoms with Crippen LogP contribution in [-0.2, 0) is 14.8 Å². The molecule has 0 spiro atoms. The van der Waals surface area contributed by atoms with E-state index in [2.05, 4.69) is 10.5 Å². The van der Waals surface area contributed by atoms with Gasteiger partial charge < -0.3 is 9.84 Å². The highest BCUT2D eigenvalue weighted by Gasteiger charge is 2.37. The maximum absolute atomic E-state index is 13.5. The van der Waals surface area contributed by atoms with Crippen molar-refractivity contribution in [3.8, 4) is 0 Å². The fourth-order valence-electron chi connectivity index (χ4n) is 3.62. The van der Waals surface area contributed by atoms with Gasteiger partial charge in [0.2, 0.25) is 15.9 Å². The molecule has 0 bridgehead atoms. The van der Waals surface area contributed by atoms with Crippen LogP contribution in [0.2, 0.25) is 0 Å². The largest absolute Gasteiger partial charge is 0.355 e. The predicted octanol–water partition coefficient (Wildman–Crippen LogP) is 3.78. The van der Waals surface area contributed by atoms with E-state index in [1.165, 1.54) is 4.31 Å². The molecule has 1 amide bonds. The van der Waals surface area contributed by atoms with Gasteiger partial charge in [0, 0.05) is 18.6 Å². The predicted molar refractivity (Wildman–Crippen MR) is 121 cm³/mol. The molecule has 8 heteroatoms. The van der Waals surface area contributed by atoms with Gasteiger partial charge in [0.25, 0.3) is 0 Å². The zero-order chi connectivity index (χ0) is 22.8. The van der Waals surface area contributed by atoms with E-state index in [4.69, 9.17) is 4.52 Å². The number of amides is 1. The lowest BCUT2D eigenvalue weighted by Crippen LogP contribution is -2.49. The number of hydrogen-bond acceptors (Lipinski definition) is 5. The maximum Gasteiger partial charge on any atom is 0.248 e. The van der Waals surface area contributed by atoms with Gasteiger partial charge in [-0.25, -0.2) is 8.42 Å². The number of carbonyl (C=O) groups is 1. The van der Waals surface area contributed by atoms with Crippen molar-refractivity contribution in [1.82, 2.24) is 14.8 Å². The Kier molecular flexibility index (Phi) is 6.71. The zero-order valence-corrected chi connectivity index (χ0v) is 19.6. The first-order valence-electron chi connectivity index (χ1n) is 10.5. The van der Waals surface area contributed by atoms with Crippen LogP contribution in [0.1, 0.15) is 56.2 Å². The molecule has 1 aromatic carbocycles. The normalized spacial score (nSPS) is 18.4. The molecule has 0 saturated carbocycles. The summed E-state index contributed by atoms with van der Waals surface area (Å²) >= 11 is 0. The van der Waals surface area contributed by atoms with Crippen LogP contribution in [-0.4, -0.2) is 42.4 Å². The lowest BCUT2D eigenvalue weighted by molar-refractivity contribution is -0.127. The number of rotatable bonds is 5. The molecule has 7 nitrogen and oxygen atoms in total. The Morgan fingerprint density at radius 1 is 1.19 bits per heavy atom. The molecular formula is C23H31N3O4S. The number of benzene rings is 1. The van der Waals surface area contributed by atoms with Gasteiger partial charge in [-0.3, -0.25) is 4.79 Å². The Bertz CT molecular complexity index is 1060. The summed E-state index contributed by atoms with van der Waals surface area (Å²) in [6.45, 7) is 9.88. The topological polar surface area (TPSA) is 92.5 Å². The standard InChI is InChI=1S/C23H31N3O4S/c1-16-8-10-18(11-9-16)12-13-20-21(17(2)25-30-20)31(28,29)26-14-6-7-19(15-26)22(27)24-23(3,4)5/h8-13,19H,6-7,14-15H2,1-5H3,(H,24,27). The van der Waals surface area contributed by atoms with Crippen molar-refractivity contribution in [3.63, 3.8) is 0 Å². The first-order chi connectivity index (χ1) is 14.5. The molecule has 0 radical (unpaired) electrons. The highest BCUT2D eigenvalue weighted by atomic mass is 32.2. The highest BCUT2D eigenvalue weighted by Crippen LogP contribution is 2.29. The van der Waals surface area contributed by atoms with E-state index in [-0.39, 0.29) is 34.6 Å². The average molecular weight is 446 g/mol. The molecule has 1 unspecified atom stereocenters. The fraction of sp³-hybridized carbons (Fsp3) is 0.478. The number of hydrogen-bond donors (Lipinski definition) is 1. The van der Waals surface area contributed by atoms with E-state index in [1.54, 1.807) is 19.1 Å². The van der Waals surface area contributed by atoms with Crippen molar-refractivity contribution in [1.29, 1.82) is 0 Å². The second-order valence-corrected chi connectivity index (χ2v) is 11.0. The van der Waals surface area contributed by atoms with E-state index >= 15 is 0 Å². The number of piperidine rings is 1. The molecule has 0 aliphatic carbocycles. The van der Waals surface area contributed by atoms with Crippen LogP contribution in [0.15, 0.2) is 33.7 Å². The molecule has 1 aliphatic rings. The second-order valence-electron chi connectivity index (χ2n) is 9.15. The van der Waals surface area contributed by atoms with Crippen molar-refractivity contribution >= 4 is 28.1 Å². The van der Waals surface area contributed by atoms with Crippen molar-refractivity contribution < 1.29 is 17.7 Å². The quantitative estimate of drug-likeness (QED) is 0.756. The molecule has 1 aliphatic heterocycles. The van der Waals surface area contributed by atoms with Gasteiger partial charge in [0.1, 0.15) is 5.69 Å². The third-order valence-electron chi connectivity index (χ3n) is 5.19. The molecule has 1 saturated heterocycles. The van der Waals surface area contributed by atoms with Crippen LogP contribution in [0.3, 0.4) is 0 Å². The Labute approximate surface area is 184 Å². The summed E-state index contributed by atoms with van der Waals surface area (Å²) in [6.07, 6.45) is 4.72. The number of aryl methyl sites for hydroxylation is 2. The van der Waals surface area contributed by atoms with Gasteiger partial charge in [-0.15, -0.1) is 0 Å². The van der Waals surface area contributed by atoms with Gasteiger partial charge in [0.15, 0.2) is 10.7 Å². The molecule has 168 valence electrons. The molecule has 1 fully saturated rings. The second kappa shape index (κ2) is 8.96. The zero-order valence-electron chi connectivity index (χ0n) is 18.8. The molecule has 31 heavy (non-hydrogen) atoms. The number of aromatic nitrogens is 1. The Morgan fingerprint density at radius 3 is 2.52 bits per heavy atom. The smallest absolute Gasteiger partial charge is 0.248 e. The molecule has 3 rings (SSSR count). The molecule has 1 aromatic heterocycles. The summed E-state index contributed by atoms with van der Waals surface area (Å²) in [6, 6.07) is 7.87. The summed E-state index contributed by atoms with van der Waals surface area (Å²) in [5.41, 5.74) is 2.02. The first-order valence-corrected chi connectivity index (χ1v) is 11.9. The average Bonchev–Trinajstić information content (AvgIpc) is 3.07. The van der Waals surface area contributed by atoms with Gasteiger partial charge in [-0.2, -0.15) is 4.31 Å². The van der Waals surface area contributed by atoms with Gasteiger partial charge in [-0.1, -0.05) is 41.1 Å². The number of sulfonamides is 1. The third kappa shape index (κ3) is 5.62. The minimum Gasteiger partial charge on any atom is -0.355 e. The summed E-state index contributed by atoms with van der Waals surface area (Å²) in [5, 5.41) is 6.85. The molecule has 1 N–H and O–H groups in total. The van der Waals surface area contributed by atoms with Gasteiger partial charge in [0.05, 0.1) is 5.92 Å². The molecule has 1 atom stereocenters. The minimum absolute atomic E-state index is 0.0627. The third-order valence-corrected chi connectivity index (χ3v) is 7.21. The van der Waals surface area contributed by atoms with Crippen LogP contribution in [0.25, 0.3) is 12.2 Å². The lowest BCUT2D eigenvalue weighted by Gasteiger charge is -2.33. The van der Waals surface area contributed by atoms with Gasteiger partial charge >= 0.3 is 0 Å². The van der Waals surface area contributed by atoms with Crippen LogP contribution in [0.4, 0.5) is 0 Å². The molecular weight excluding hydrogens is 414 g/mol. The van der Waals surface area contributed by atoms with E-state index in [1.807, 2.05) is 52.0 Å². The van der Waals surface area contributed by atoms with E-state index in [9.17, 15) is 13.2 Å². The monoisotopic (exact) mass is 445 g/mol. The Hall–Kier alpha value is -2.45. The maximum atomic E-state index is 13.5.